The van der Waals surface area contributed by atoms with E-state index in [0.29, 0.717) is 0 Å². The lowest BCUT2D eigenvalue weighted by Crippen LogP contribution is -2.06. The van der Waals surface area contributed by atoms with E-state index in [1.165, 1.54) is 5.56 Å². The van der Waals surface area contributed by atoms with E-state index in [4.69, 9.17) is 4.74 Å². The zero-order valence-electron chi connectivity index (χ0n) is 6.82. The lowest BCUT2D eigenvalue weighted by atomic mass is 9.94. The Bertz CT molecular complexity index is 372. The monoisotopic (exact) mass is 159 g/mol. The van der Waals surface area contributed by atoms with Gasteiger partial charge in [-0.1, -0.05) is 6.07 Å². The van der Waals surface area contributed by atoms with E-state index in [9.17, 15) is 0 Å². The first-order valence-corrected chi connectivity index (χ1v) is 4.12. The minimum absolute atomic E-state index is 0.0317. The second kappa shape index (κ2) is 1.77. The Morgan fingerprint density at radius 1 is 1.58 bits per heavy atom. The highest BCUT2D eigenvalue weighted by Gasteiger charge is 2.53. The van der Waals surface area contributed by atoms with Gasteiger partial charge in [-0.15, -0.1) is 0 Å². The highest BCUT2D eigenvalue weighted by Crippen LogP contribution is 2.53. The van der Waals surface area contributed by atoms with Crippen molar-refractivity contribution in [2.24, 2.45) is 0 Å². The smallest absolute Gasteiger partial charge is 0.118 e. The van der Waals surface area contributed by atoms with Crippen LogP contribution in [0.4, 0.5) is 0 Å². The maximum atomic E-state index is 5.56. The van der Waals surface area contributed by atoms with Gasteiger partial charge in [0.05, 0.1) is 5.69 Å². The molecular weight excluding hydrogens is 150 g/mol. The molecule has 2 heteroatoms. The van der Waals surface area contributed by atoms with E-state index in [1.807, 2.05) is 18.3 Å². The second-order valence-electron chi connectivity index (χ2n) is 3.49. The third kappa shape index (κ3) is 0.655. The number of fused-ring (bicyclic) bond motifs is 3. The van der Waals surface area contributed by atoms with Gasteiger partial charge in [-0.25, -0.2) is 0 Å². The summed E-state index contributed by atoms with van der Waals surface area (Å²) >= 11 is 0. The van der Waals surface area contributed by atoms with Gasteiger partial charge in [0.2, 0.25) is 0 Å². The standard InChI is InChI=1S/C10H9NO/c1-10-5-4-8-7(9(10)12-10)3-2-6-11-8/h2-6,9H,1H3. The van der Waals surface area contributed by atoms with E-state index in [1.54, 1.807) is 0 Å². The molecule has 0 aromatic carbocycles. The summed E-state index contributed by atoms with van der Waals surface area (Å²) in [6, 6.07) is 4.04. The average Bonchev–Trinajstić information content (AvgIpc) is 2.78. The molecule has 0 saturated carbocycles. The van der Waals surface area contributed by atoms with Crippen LogP contribution in [0.1, 0.15) is 24.3 Å². The van der Waals surface area contributed by atoms with Crippen molar-refractivity contribution in [3.63, 3.8) is 0 Å². The molecule has 2 heterocycles. The number of epoxide rings is 1. The fourth-order valence-electron chi connectivity index (χ4n) is 1.75. The molecule has 2 aliphatic rings. The van der Waals surface area contributed by atoms with Crippen LogP contribution in [-0.2, 0) is 4.74 Å². The van der Waals surface area contributed by atoms with E-state index < -0.39 is 0 Å². The van der Waals surface area contributed by atoms with Crippen molar-refractivity contribution < 1.29 is 4.74 Å². The minimum atomic E-state index is -0.0317. The number of hydrogen-bond donors (Lipinski definition) is 0. The van der Waals surface area contributed by atoms with Crippen molar-refractivity contribution >= 4 is 6.08 Å². The minimum Gasteiger partial charge on any atom is -0.357 e. The first-order valence-electron chi connectivity index (χ1n) is 4.12. The Morgan fingerprint density at radius 2 is 2.50 bits per heavy atom. The van der Waals surface area contributed by atoms with Crippen LogP contribution < -0.4 is 0 Å². The summed E-state index contributed by atoms with van der Waals surface area (Å²) < 4.78 is 5.56. The van der Waals surface area contributed by atoms with Gasteiger partial charge >= 0.3 is 0 Å². The molecular formula is C10H9NO. The van der Waals surface area contributed by atoms with Gasteiger partial charge in [0, 0.05) is 11.8 Å². The first-order chi connectivity index (χ1) is 5.80. The van der Waals surface area contributed by atoms with Crippen LogP contribution in [-0.4, -0.2) is 10.6 Å². The first kappa shape index (κ1) is 6.38. The number of rotatable bonds is 0. The Morgan fingerprint density at radius 3 is 3.42 bits per heavy atom. The Hall–Kier alpha value is -1.15. The zero-order chi connectivity index (χ0) is 8.18. The molecule has 2 unspecified atom stereocenters. The molecule has 2 nitrogen and oxygen atoms in total. The zero-order valence-corrected chi connectivity index (χ0v) is 6.82. The van der Waals surface area contributed by atoms with Crippen LogP contribution in [0.15, 0.2) is 24.4 Å². The molecule has 1 fully saturated rings. The van der Waals surface area contributed by atoms with E-state index >= 15 is 0 Å². The fourth-order valence-corrected chi connectivity index (χ4v) is 1.75. The highest BCUT2D eigenvalue weighted by atomic mass is 16.6. The van der Waals surface area contributed by atoms with Crippen LogP contribution in [0.25, 0.3) is 6.08 Å². The summed E-state index contributed by atoms with van der Waals surface area (Å²) in [6.45, 7) is 2.10. The quantitative estimate of drug-likeness (QED) is 0.540. The molecule has 3 rings (SSSR count). The average molecular weight is 159 g/mol. The summed E-state index contributed by atoms with van der Waals surface area (Å²) in [6.07, 6.45) is 6.20. The lowest BCUT2D eigenvalue weighted by molar-refractivity contribution is 0.347. The van der Waals surface area contributed by atoms with Crippen molar-refractivity contribution in [3.05, 3.63) is 35.7 Å². The van der Waals surface area contributed by atoms with Gasteiger partial charge < -0.3 is 4.74 Å². The molecule has 0 bridgehead atoms. The molecule has 1 aromatic heterocycles. The Balaban J connectivity index is 2.21. The molecule has 0 spiro atoms. The van der Waals surface area contributed by atoms with Crippen LogP contribution in [0, 0.1) is 0 Å². The normalized spacial score (nSPS) is 35.6. The number of ether oxygens (including phenoxy) is 1. The molecule has 0 amide bonds. The summed E-state index contributed by atoms with van der Waals surface area (Å²) in [5, 5.41) is 0. The van der Waals surface area contributed by atoms with Crippen molar-refractivity contribution in [2.75, 3.05) is 0 Å². The summed E-state index contributed by atoms with van der Waals surface area (Å²) in [7, 11) is 0. The second-order valence-corrected chi connectivity index (χ2v) is 3.49. The van der Waals surface area contributed by atoms with Crippen LogP contribution in [0.5, 0.6) is 0 Å². The van der Waals surface area contributed by atoms with E-state index in [-0.39, 0.29) is 11.7 Å². The number of nitrogens with zero attached hydrogens (tertiary/aromatic N) is 1. The summed E-state index contributed by atoms with van der Waals surface area (Å²) in [5.74, 6) is 0. The fraction of sp³-hybridized carbons (Fsp3) is 0.300. The van der Waals surface area contributed by atoms with Crippen molar-refractivity contribution in [3.8, 4) is 0 Å². The molecule has 0 N–H and O–H groups in total. The van der Waals surface area contributed by atoms with Crippen LogP contribution in [0.3, 0.4) is 0 Å². The molecule has 1 aliphatic carbocycles. The molecule has 2 atom stereocenters. The predicted molar refractivity (Wildman–Crippen MR) is 45.5 cm³/mol. The maximum absolute atomic E-state index is 5.56. The summed E-state index contributed by atoms with van der Waals surface area (Å²) in [5.41, 5.74) is 2.25. The van der Waals surface area contributed by atoms with Crippen molar-refractivity contribution in [2.45, 2.75) is 18.6 Å². The topological polar surface area (TPSA) is 25.4 Å². The third-order valence-corrected chi connectivity index (χ3v) is 2.56. The highest BCUT2D eigenvalue weighted by molar-refractivity contribution is 5.58. The number of aromatic nitrogens is 1. The molecule has 1 aliphatic heterocycles. The maximum Gasteiger partial charge on any atom is 0.118 e. The largest absolute Gasteiger partial charge is 0.357 e. The van der Waals surface area contributed by atoms with Crippen molar-refractivity contribution in [1.29, 1.82) is 0 Å². The number of pyridine rings is 1. The molecule has 60 valence electrons. The SMILES string of the molecule is CC12C=Cc3ncccc3C1O2. The number of hydrogen-bond acceptors (Lipinski definition) is 2. The molecule has 0 radical (unpaired) electrons. The molecule has 1 aromatic rings. The van der Waals surface area contributed by atoms with E-state index in [2.05, 4.69) is 24.1 Å². The van der Waals surface area contributed by atoms with E-state index in [0.717, 1.165) is 5.69 Å². The lowest BCUT2D eigenvalue weighted by Gasteiger charge is -2.08. The molecule has 1 saturated heterocycles. The van der Waals surface area contributed by atoms with Gasteiger partial charge in [0.1, 0.15) is 11.7 Å². The van der Waals surface area contributed by atoms with Gasteiger partial charge in [-0.05, 0) is 25.1 Å². The molecule has 12 heavy (non-hydrogen) atoms. The van der Waals surface area contributed by atoms with Crippen molar-refractivity contribution in [1.82, 2.24) is 4.98 Å². The van der Waals surface area contributed by atoms with Crippen LogP contribution in [0.2, 0.25) is 0 Å². The third-order valence-electron chi connectivity index (χ3n) is 2.56. The van der Waals surface area contributed by atoms with Gasteiger partial charge in [-0.2, -0.15) is 0 Å². The van der Waals surface area contributed by atoms with Gasteiger partial charge in [0.15, 0.2) is 0 Å². The van der Waals surface area contributed by atoms with Gasteiger partial charge in [-0.3, -0.25) is 4.98 Å². The predicted octanol–water partition coefficient (Wildman–Crippen LogP) is 1.94. The van der Waals surface area contributed by atoms with Crippen LogP contribution >= 0.6 is 0 Å². The Labute approximate surface area is 70.9 Å². The Kier molecular flexibility index (Phi) is 0.943. The summed E-state index contributed by atoms with van der Waals surface area (Å²) in [4.78, 5) is 4.26. The van der Waals surface area contributed by atoms with Gasteiger partial charge in [0.25, 0.3) is 0 Å².